The van der Waals surface area contributed by atoms with Gasteiger partial charge in [0, 0.05) is 17.5 Å². The number of aliphatic hydroxyl groups is 1. The normalized spacial score (nSPS) is 27.0. The minimum atomic E-state index is -1.39. The fourth-order valence-corrected chi connectivity index (χ4v) is 6.41. The number of carbonyl (C=O) groups excluding carboxylic acids is 2. The lowest BCUT2D eigenvalue weighted by Crippen LogP contribution is -2.74. The summed E-state index contributed by atoms with van der Waals surface area (Å²) in [6.45, 7) is 1.78. The van der Waals surface area contributed by atoms with Gasteiger partial charge < -0.3 is 20.4 Å². The number of carbonyl (C=O) groups is 3. The number of nitrogens with zero attached hydrogens (tertiary/aromatic N) is 4. The van der Waals surface area contributed by atoms with Crippen molar-refractivity contribution in [3.63, 3.8) is 0 Å². The number of thioether (sulfide) groups is 2. The van der Waals surface area contributed by atoms with Crippen LogP contribution in [-0.4, -0.2) is 82.5 Å². The third-order valence-electron chi connectivity index (χ3n) is 5.59. The van der Waals surface area contributed by atoms with Crippen LogP contribution < -0.4 is 5.32 Å². The lowest BCUT2D eigenvalue weighted by Gasteiger charge is -2.55. The Bertz CT molecular complexity index is 977. The number of carboxylic acids is 1. The Balaban J connectivity index is 1.42. The average molecular weight is 465 g/mol. The highest BCUT2D eigenvalue weighted by Gasteiger charge is 2.59. The van der Waals surface area contributed by atoms with Gasteiger partial charge in [0.1, 0.15) is 16.8 Å². The summed E-state index contributed by atoms with van der Waals surface area (Å²) in [4.78, 5) is 38.8. The summed E-state index contributed by atoms with van der Waals surface area (Å²) in [5.41, 5.74) is -0.773. The number of H-pyrrole nitrogens is 1. The van der Waals surface area contributed by atoms with Crippen LogP contribution in [-0.2, 0) is 14.4 Å². The topological polar surface area (TPSA) is 161 Å². The van der Waals surface area contributed by atoms with Gasteiger partial charge in [0.2, 0.25) is 11.1 Å². The number of β-lactam (4-membered cyclic amide) rings is 1. The highest BCUT2D eigenvalue weighted by Crippen LogP contribution is 2.47. The summed E-state index contributed by atoms with van der Waals surface area (Å²) in [7, 11) is 0. The summed E-state index contributed by atoms with van der Waals surface area (Å²) in [6, 6.07) is 7.63. The zero-order valence-corrected chi connectivity index (χ0v) is 18.0. The van der Waals surface area contributed by atoms with Gasteiger partial charge in [-0.1, -0.05) is 49.0 Å². The van der Waals surface area contributed by atoms with Crippen molar-refractivity contribution in [1.29, 1.82) is 0 Å². The Hall–Kier alpha value is -2.64. The minimum Gasteiger partial charge on any atom is -0.481 e. The number of aromatic nitrogens is 4. The molecule has 4 rings (SSSR count). The van der Waals surface area contributed by atoms with Crippen LogP contribution >= 0.6 is 23.5 Å². The Morgan fingerprint density at radius 2 is 2.13 bits per heavy atom. The van der Waals surface area contributed by atoms with E-state index in [-0.39, 0.29) is 23.6 Å². The van der Waals surface area contributed by atoms with Crippen LogP contribution in [0, 0.1) is 5.41 Å². The number of rotatable bonds is 7. The Morgan fingerprint density at radius 3 is 2.77 bits per heavy atom. The van der Waals surface area contributed by atoms with Gasteiger partial charge in [-0.25, -0.2) is 5.10 Å². The monoisotopic (exact) mass is 464 g/mol. The number of tetrazole rings is 1. The van der Waals surface area contributed by atoms with Gasteiger partial charge in [-0.05, 0) is 16.0 Å². The third kappa shape index (κ3) is 3.88. The van der Waals surface area contributed by atoms with Crippen molar-refractivity contribution < 1.29 is 24.6 Å². The van der Waals surface area contributed by atoms with Crippen LogP contribution in [0.3, 0.4) is 0 Å². The van der Waals surface area contributed by atoms with E-state index < -0.39 is 34.7 Å². The van der Waals surface area contributed by atoms with E-state index in [2.05, 4.69) is 25.9 Å². The molecule has 164 valence electrons. The first-order valence-electron chi connectivity index (χ1n) is 9.43. The predicted octanol–water partition coefficient (Wildman–Crippen LogP) is -0.115. The molecule has 1 aromatic heterocycles. The number of fused-ring (bicyclic) bond motifs is 1. The first kappa shape index (κ1) is 21.6. The molecule has 2 aliphatic heterocycles. The van der Waals surface area contributed by atoms with Crippen LogP contribution in [0.25, 0.3) is 0 Å². The van der Waals surface area contributed by atoms with E-state index in [0.717, 1.165) is 0 Å². The Kier molecular flexibility index (Phi) is 5.90. The molecule has 3 heterocycles. The van der Waals surface area contributed by atoms with E-state index in [1.54, 1.807) is 37.3 Å². The maximum Gasteiger partial charge on any atom is 0.313 e. The fourth-order valence-electron chi connectivity index (χ4n) is 3.64. The van der Waals surface area contributed by atoms with Gasteiger partial charge in [-0.3, -0.25) is 14.4 Å². The summed E-state index contributed by atoms with van der Waals surface area (Å²) in [6.07, 6.45) is -1.39. The zero-order valence-electron chi connectivity index (χ0n) is 16.3. The van der Waals surface area contributed by atoms with E-state index in [4.69, 9.17) is 0 Å². The number of amides is 2. The molecule has 5 atom stereocenters. The second kappa shape index (κ2) is 8.48. The molecule has 0 bridgehead atoms. The third-order valence-corrected chi connectivity index (χ3v) is 8.34. The van der Waals surface area contributed by atoms with Gasteiger partial charge in [0.15, 0.2) is 6.10 Å². The molecule has 2 fully saturated rings. The second-order valence-electron chi connectivity index (χ2n) is 7.39. The van der Waals surface area contributed by atoms with E-state index >= 15 is 0 Å². The lowest BCUT2D eigenvalue weighted by molar-refractivity contribution is -0.159. The van der Waals surface area contributed by atoms with Crippen molar-refractivity contribution in [2.75, 3.05) is 12.3 Å². The summed E-state index contributed by atoms with van der Waals surface area (Å²) in [5, 5.41) is 35.8. The Morgan fingerprint density at radius 1 is 1.39 bits per heavy atom. The Labute approximate surface area is 185 Å². The van der Waals surface area contributed by atoms with Crippen LogP contribution in [0.5, 0.6) is 0 Å². The quantitative estimate of drug-likeness (QED) is 0.321. The second-order valence-corrected chi connectivity index (χ2v) is 9.83. The van der Waals surface area contributed by atoms with Crippen LogP contribution in [0.1, 0.15) is 18.6 Å². The molecular weight excluding hydrogens is 444 g/mol. The maximum atomic E-state index is 12.7. The van der Waals surface area contributed by atoms with Crippen molar-refractivity contribution in [3.8, 4) is 0 Å². The number of carboxylic acid groups (broad SMARTS) is 1. The van der Waals surface area contributed by atoms with E-state index in [0.29, 0.717) is 10.7 Å². The minimum absolute atomic E-state index is 0.0160. The summed E-state index contributed by atoms with van der Waals surface area (Å²) >= 11 is 2.50. The molecule has 2 aliphatic rings. The number of nitrogens with one attached hydrogen (secondary N) is 2. The fraction of sp³-hybridized carbons (Fsp3) is 0.444. The van der Waals surface area contributed by atoms with Crippen molar-refractivity contribution >= 4 is 41.3 Å². The van der Waals surface area contributed by atoms with Gasteiger partial charge in [0.25, 0.3) is 5.91 Å². The zero-order chi connectivity index (χ0) is 22.2. The molecule has 2 amide bonds. The number of aromatic amines is 1. The SMILES string of the molecule is CC(Sc1nnn[nH]1)C1(C(=O)O)CS[C@@H]2C(NC(=O)C(O)c3ccccc3)C(=O)N2C1. The van der Waals surface area contributed by atoms with Crippen LogP contribution in [0.4, 0.5) is 0 Å². The van der Waals surface area contributed by atoms with Crippen molar-refractivity contribution in [2.24, 2.45) is 5.41 Å². The molecule has 2 aromatic rings. The van der Waals surface area contributed by atoms with E-state index in [1.807, 2.05) is 0 Å². The average Bonchev–Trinajstić information content (AvgIpc) is 3.29. The molecule has 4 unspecified atom stereocenters. The number of hydrogen-bond acceptors (Lipinski definition) is 9. The highest BCUT2D eigenvalue weighted by atomic mass is 32.2. The molecule has 0 radical (unpaired) electrons. The molecule has 4 N–H and O–H groups in total. The standard InChI is InChI=1S/C18H20N6O5S2/c1-9(31-17-20-22-23-21-17)18(16(28)29)7-24-14(27)11(15(24)30-8-18)19-13(26)12(25)10-5-3-2-4-6-10/h2-6,9,11-12,15,25H,7-8H2,1H3,(H,19,26)(H,28,29)(H,20,21,22,23)/t9?,11?,12?,15-,18?/m1/s1. The molecule has 1 aromatic carbocycles. The molecular formula is C18H20N6O5S2. The predicted molar refractivity (Wildman–Crippen MR) is 111 cm³/mol. The van der Waals surface area contributed by atoms with Gasteiger partial charge in [-0.15, -0.1) is 16.9 Å². The van der Waals surface area contributed by atoms with Crippen LogP contribution in [0.2, 0.25) is 0 Å². The number of aliphatic hydroxyl groups excluding tert-OH is 1. The molecule has 31 heavy (non-hydrogen) atoms. The van der Waals surface area contributed by atoms with E-state index in [9.17, 15) is 24.6 Å². The maximum absolute atomic E-state index is 12.7. The molecule has 11 nitrogen and oxygen atoms in total. The first-order valence-corrected chi connectivity index (χ1v) is 11.4. The van der Waals surface area contributed by atoms with Crippen molar-refractivity contribution in [3.05, 3.63) is 35.9 Å². The van der Waals surface area contributed by atoms with Gasteiger partial charge in [0.05, 0.1) is 0 Å². The largest absolute Gasteiger partial charge is 0.481 e. The molecule has 0 saturated carbocycles. The van der Waals surface area contributed by atoms with Crippen molar-refractivity contribution in [2.45, 2.75) is 34.8 Å². The molecule has 0 aliphatic carbocycles. The molecule has 2 saturated heterocycles. The molecule has 13 heteroatoms. The molecule has 0 spiro atoms. The lowest BCUT2D eigenvalue weighted by atomic mass is 9.84. The van der Waals surface area contributed by atoms with Crippen molar-refractivity contribution in [1.82, 2.24) is 30.8 Å². The van der Waals surface area contributed by atoms with E-state index in [1.165, 1.54) is 28.4 Å². The first-order chi connectivity index (χ1) is 14.8. The van der Waals surface area contributed by atoms with Crippen LogP contribution in [0.15, 0.2) is 35.5 Å². The number of benzene rings is 1. The smallest absolute Gasteiger partial charge is 0.313 e. The number of aliphatic carboxylic acids is 1. The van der Waals surface area contributed by atoms with Gasteiger partial charge >= 0.3 is 5.97 Å². The van der Waals surface area contributed by atoms with Gasteiger partial charge in [-0.2, -0.15) is 0 Å². The summed E-state index contributed by atoms with van der Waals surface area (Å²) in [5.74, 6) is -1.79. The number of hydrogen-bond donors (Lipinski definition) is 4. The highest BCUT2D eigenvalue weighted by molar-refractivity contribution is 8.01. The summed E-state index contributed by atoms with van der Waals surface area (Å²) < 4.78 is 0.